The van der Waals surface area contributed by atoms with E-state index in [2.05, 4.69) is 49.8 Å². The van der Waals surface area contributed by atoms with Crippen molar-refractivity contribution in [2.75, 3.05) is 0 Å². The Morgan fingerprint density at radius 3 is 1.33 bits per heavy atom. The molecule has 0 bridgehead atoms. The van der Waals surface area contributed by atoms with Crippen LogP contribution in [-0.4, -0.2) is 9.55 Å². The molecule has 1 rings (SSSR count). The molecule has 1 heterocycles. The smallest absolute Gasteiger partial charge is 0.0951 e. The summed E-state index contributed by atoms with van der Waals surface area (Å²) in [6, 6.07) is 0. The predicted octanol–water partition coefficient (Wildman–Crippen LogP) is 10.9. The standard InChI is InChI=1S/C31H60N2/c1-5-8-10-12-14-16-17-18-20-22-24-26-30(25-23-21-19-15-13-11-9-6-2)31(4,7-3)33-28-27-32-29-33/h27-30H,5-26H2,1-4H3. The molecule has 0 amide bonds. The van der Waals surface area contributed by atoms with E-state index in [1.807, 2.05) is 6.20 Å². The molecule has 2 atom stereocenters. The fourth-order valence-electron chi connectivity index (χ4n) is 5.59. The summed E-state index contributed by atoms with van der Waals surface area (Å²) in [4.78, 5) is 4.39. The first-order valence-corrected chi connectivity index (χ1v) is 15.2. The summed E-state index contributed by atoms with van der Waals surface area (Å²) in [6.45, 7) is 9.48. The highest BCUT2D eigenvalue weighted by Gasteiger charge is 2.33. The van der Waals surface area contributed by atoms with Gasteiger partial charge in [-0.05, 0) is 32.1 Å². The molecule has 2 heteroatoms. The van der Waals surface area contributed by atoms with Gasteiger partial charge in [0, 0.05) is 17.9 Å². The summed E-state index contributed by atoms with van der Waals surface area (Å²) in [6.07, 6.45) is 37.3. The SMILES string of the molecule is CCCCCCCCCCCCCC(CCCCCCCCCC)C(C)(CC)n1ccnc1. The van der Waals surface area contributed by atoms with Crippen molar-refractivity contribution in [2.24, 2.45) is 5.92 Å². The van der Waals surface area contributed by atoms with Gasteiger partial charge in [-0.25, -0.2) is 4.98 Å². The molecule has 2 unspecified atom stereocenters. The Labute approximate surface area is 208 Å². The normalized spacial score (nSPS) is 14.4. The van der Waals surface area contributed by atoms with Crippen LogP contribution in [0.15, 0.2) is 18.7 Å². The van der Waals surface area contributed by atoms with Crippen molar-refractivity contribution >= 4 is 0 Å². The van der Waals surface area contributed by atoms with Gasteiger partial charge < -0.3 is 4.57 Å². The first kappa shape index (κ1) is 30.2. The number of hydrogen-bond donors (Lipinski definition) is 0. The number of nitrogens with zero attached hydrogens (tertiary/aromatic N) is 2. The quantitative estimate of drug-likeness (QED) is 0.140. The van der Waals surface area contributed by atoms with Gasteiger partial charge in [-0.15, -0.1) is 0 Å². The van der Waals surface area contributed by atoms with Crippen LogP contribution in [0.4, 0.5) is 0 Å². The predicted molar refractivity (Wildman–Crippen MR) is 148 cm³/mol. The van der Waals surface area contributed by atoms with Crippen molar-refractivity contribution in [3.63, 3.8) is 0 Å². The van der Waals surface area contributed by atoms with Gasteiger partial charge in [-0.3, -0.25) is 0 Å². The fraction of sp³-hybridized carbons (Fsp3) is 0.903. The van der Waals surface area contributed by atoms with Gasteiger partial charge in [0.25, 0.3) is 0 Å². The van der Waals surface area contributed by atoms with Crippen molar-refractivity contribution in [3.05, 3.63) is 18.7 Å². The van der Waals surface area contributed by atoms with Crippen LogP contribution in [0.5, 0.6) is 0 Å². The van der Waals surface area contributed by atoms with Crippen molar-refractivity contribution in [3.8, 4) is 0 Å². The molecule has 0 fully saturated rings. The lowest BCUT2D eigenvalue weighted by atomic mass is 9.76. The molecule has 0 aliphatic carbocycles. The van der Waals surface area contributed by atoms with Crippen LogP contribution >= 0.6 is 0 Å². The van der Waals surface area contributed by atoms with E-state index < -0.39 is 0 Å². The second-order valence-corrected chi connectivity index (χ2v) is 11.0. The molecule has 0 N–H and O–H groups in total. The third-order valence-corrected chi connectivity index (χ3v) is 8.25. The van der Waals surface area contributed by atoms with E-state index in [1.165, 1.54) is 141 Å². The maximum atomic E-state index is 4.39. The molecule has 33 heavy (non-hydrogen) atoms. The molecule has 0 aliphatic rings. The van der Waals surface area contributed by atoms with Gasteiger partial charge in [0.15, 0.2) is 0 Å². The van der Waals surface area contributed by atoms with Crippen LogP contribution in [0.1, 0.15) is 169 Å². The second-order valence-electron chi connectivity index (χ2n) is 11.0. The van der Waals surface area contributed by atoms with Crippen molar-refractivity contribution in [2.45, 2.75) is 174 Å². The Balaban J connectivity index is 2.33. The second kappa shape index (κ2) is 20.6. The summed E-state index contributed by atoms with van der Waals surface area (Å²) < 4.78 is 2.42. The van der Waals surface area contributed by atoms with E-state index in [4.69, 9.17) is 0 Å². The first-order valence-electron chi connectivity index (χ1n) is 15.2. The van der Waals surface area contributed by atoms with E-state index >= 15 is 0 Å². The van der Waals surface area contributed by atoms with E-state index in [-0.39, 0.29) is 5.54 Å². The van der Waals surface area contributed by atoms with Crippen LogP contribution in [0.3, 0.4) is 0 Å². The molecule has 0 aliphatic heterocycles. The number of rotatable bonds is 24. The summed E-state index contributed by atoms with van der Waals surface area (Å²) in [5.41, 5.74) is 0.218. The van der Waals surface area contributed by atoms with E-state index in [0.29, 0.717) is 0 Å². The largest absolute Gasteiger partial charge is 0.331 e. The Kier molecular flexibility index (Phi) is 18.9. The molecule has 1 aromatic rings. The van der Waals surface area contributed by atoms with Gasteiger partial charge in [0.05, 0.1) is 6.33 Å². The van der Waals surface area contributed by atoms with Crippen LogP contribution in [0.25, 0.3) is 0 Å². The number of aromatic nitrogens is 2. The Hall–Kier alpha value is -0.790. The lowest BCUT2D eigenvalue weighted by Crippen LogP contribution is -2.37. The van der Waals surface area contributed by atoms with Gasteiger partial charge in [0.1, 0.15) is 0 Å². The zero-order valence-electron chi connectivity index (χ0n) is 23.3. The lowest BCUT2D eigenvalue weighted by Gasteiger charge is -2.39. The van der Waals surface area contributed by atoms with Gasteiger partial charge >= 0.3 is 0 Å². The first-order chi connectivity index (χ1) is 16.2. The lowest BCUT2D eigenvalue weighted by molar-refractivity contribution is 0.153. The highest BCUT2D eigenvalue weighted by atomic mass is 15.1. The maximum absolute atomic E-state index is 4.39. The summed E-state index contributed by atoms with van der Waals surface area (Å²) >= 11 is 0. The maximum Gasteiger partial charge on any atom is 0.0951 e. The molecular weight excluding hydrogens is 400 g/mol. The molecule has 0 aromatic carbocycles. The van der Waals surface area contributed by atoms with Crippen LogP contribution in [0.2, 0.25) is 0 Å². The zero-order valence-corrected chi connectivity index (χ0v) is 23.3. The molecule has 0 saturated carbocycles. The highest BCUT2D eigenvalue weighted by Crippen LogP contribution is 2.37. The van der Waals surface area contributed by atoms with Crippen molar-refractivity contribution in [1.29, 1.82) is 0 Å². The van der Waals surface area contributed by atoms with Crippen LogP contribution < -0.4 is 0 Å². The number of unbranched alkanes of at least 4 members (excludes halogenated alkanes) is 17. The fourth-order valence-corrected chi connectivity index (χ4v) is 5.59. The van der Waals surface area contributed by atoms with Crippen molar-refractivity contribution < 1.29 is 0 Å². The minimum Gasteiger partial charge on any atom is -0.331 e. The molecule has 1 aromatic heterocycles. The van der Waals surface area contributed by atoms with Crippen LogP contribution in [0, 0.1) is 5.92 Å². The summed E-state index contributed by atoms with van der Waals surface area (Å²) in [5, 5.41) is 0. The Morgan fingerprint density at radius 1 is 0.606 bits per heavy atom. The summed E-state index contributed by atoms with van der Waals surface area (Å²) in [7, 11) is 0. The summed E-state index contributed by atoms with van der Waals surface area (Å²) in [5.74, 6) is 0.773. The average molecular weight is 461 g/mol. The van der Waals surface area contributed by atoms with E-state index in [0.717, 1.165) is 5.92 Å². The number of imidazole rings is 1. The minimum atomic E-state index is 0.218. The molecule has 194 valence electrons. The van der Waals surface area contributed by atoms with Gasteiger partial charge in [0.2, 0.25) is 0 Å². The molecule has 0 radical (unpaired) electrons. The Bertz CT molecular complexity index is 509. The molecule has 0 saturated heterocycles. The molecule has 2 nitrogen and oxygen atoms in total. The van der Waals surface area contributed by atoms with E-state index in [1.54, 1.807) is 0 Å². The van der Waals surface area contributed by atoms with Gasteiger partial charge in [-0.1, -0.05) is 143 Å². The van der Waals surface area contributed by atoms with E-state index in [9.17, 15) is 0 Å². The topological polar surface area (TPSA) is 17.8 Å². The third-order valence-electron chi connectivity index (χ3n) is 8.25. The zero-order chi connectivity index (χ0) is 24.0. The van der Waals surface area contributed by atoms with Gasteiger partial charge in [-0.2, -0.15) is 0 Å². The van der Waals surface area contributed by atoms with Crippen molar-refractivity contribution in [1.82, 2.24) is 9.55 Å². The average Bonchev–Trinajstić information content (AvgIpc) is 3.38. The minimum absolute atomic E-state index is 0.218. The van der Waals surface area contributed by atoms with Crippen LogP contribution in [-0.2, 0) is 5.54 Å². The molecule has 0 spiro atoms. The third kappa shape index (κ3) is 13.6. The Morgan fingerprint density at radius 2 is 1.00 bits per heavy atom. The highest BCUT2D eigenvalue weighted by molar-refractivity contribution is 4.93. The number of hydrogen-bond acceptors (Lipinski definition) is 1. The monoisotopic (exact) mass is 460 g/mol. The molecular formula is C31H60N2.